The molecule has 0 radical (unpaired) electrons. The van der Waals surface area contributed by atoms with E-state index in [2.05, 4.69) is 33.0 Å². The van der Waals surface area contributed by atoms with Gasteiger partial charge in [-0.15, -0.1) is 0 Å². The molecule has 116 valence electrons. The van der Waals surface area contributed by atoms with E-state index < -0.39 is 0 Å². The Labute approximate surface area is 123 Å². The van der Waals surface area contributed by atoms with Crippen molar-refractivity contribution < 1.29 is 9.53 Å². The van der Waals surface area contributed by atoms with E-state index in [1.54, 1.807) is 0 Å². The SMILES string of the molecule is CCCCCCNC(=O)O[C@@H]1C[C@@H]2CC[C@]1(C)C2(C)C. The molecule has 2 fully saturated rings. The van der Waals surface area contributed by atoms with Crippen LogP contribution in [0.3, 0.4) is 0 Å². The smallest absolute Gasteiger partial charge is 0.407 e. The van der Waals surface area contributed by atoms with Crippen LogP contribution in [0.5, 0.6) is 0 Å². The van der Waals surface area contributed by atoms with E-state index in [0.717, 1.165) is 25.3 Å². The van der Waals surface area contributed by atoms with Gasteiger partial charge in [0.1, 0.15) is 6.10 Å². The lowest BCUT2D eigenvalue weighted by molar-refractivity contribution is -0.00415. The van der Waals surface area contributed by atoms with E-state index in [9.17, 15) is 4.79 Å². The molecule has 0 unspecified atom stereocenters. The normalized spacial score (nSPS) is 34.2. The summed E-state index contributed by atoms with van der Waals surface area (Å²) in [6.07, 6.45) is 8.14. The average Bonchev–Trinajstić information content (AvgIpc) is 2.71. The third kappa shape index (κ3) is 2.68. The minimum atomic E-state index is -0.212. The topological polar surface area (TPSA) is 38.3 Å². The lowest BCUT2D eigenvalue weighted by atomic mass is 9.70. The number of carbonyl (C=O) groups excluding carboxylic acids is 1. The number of alkyl carbamates (subject to hydrolysis) is 1. The van der Waals surface area contributed by atoms with Crippen molar-refractivity contribution >= 4 is 6.09 Å². The molecule has 1 amide bonds. The zero-order chi connectivity index (χ0) is 14.8. The van der Waals surface area contributed by atoms with E-state index in [4.69, 9.17) is 4.74 Å². The maximum atomic E-state index is 11.9. The van der Waals surface area contributed by atoms with Crippen molar-refractivity contribution in [1.82, 2.24) is 5.32 Å². The van der Waals surface area contributed by atoms with Gasteiger partial charge in [-0.05, 0) is 37.0 Å². The molecule has 1 N–H and O–H groups in total. The van der Waals surface area contributed by atoms with Crippen molar-refractivity contribution in [2.24, 2.45) is 16.7 Å². The fourth-order valence-electron chi connectivity index (χ4n) is 4.22. The zero-order valence-corrected chi connectivity index (χ0v) is 13.6. The van der Waals surface area contributed by atoms with Crippen molar-refractivity contribution in [2.45, 2.75) is 78.7 Å². The largest absolute Gasteiger partial charge is 0.446 e. The predicted molar refractivity (Wildman–Crippen MR) is 81.6 cm³/mol. The first-order valence-corrected chi connectivity index (χ1v) is 8.36. The monoisotopic (exact) mass is 281 g/mol. The number of hydrogen-bond acceptors (Lipinski definition) is 2. The van der Waals surface area contributed by atoms with Crippen LogP contribution in [0.15, 0.2) is 0 Å². The Morgan fingerprint density at radius 2 is 2.00 bits per heavy atom. The summed E-state index contributed by atoms with van der Waals surface area (Å²) in [6.45, 7) is 9.93. The molecule has 2 saturated carbocycles. The summed E-state index contributed by atoms with van der Waals surface area (Å²) < 4.78 is 5.74. The second-order valence-electron chi connectivity index (χ2n) is 7.49. The van der Waals surface area contributed by atoms with Gasteiger partial charge in [-0.25, -0.2) is 4.79 Å². The molecule has 3 atom stereocenters. The highest BCUT2D eigenvalue weighted by Gasteiger charge is 2.62. The number of hydrogen-bond donors (Lipinski definition) is 1. The van der Waals surface area contributed by atoms with Crippen LogP contribution >= 0.6 is 0 Å². The Morgan fingerprint density at radius 3 is 2.55 bits per heavy atom. The molecular weight excluding hydrogens is 250 g/mol. The molecule has 0 spiro atoms. The van der Waals surface area contributed by atoms with Crippen molar-refractivity contribution in [2.75, 3.05) is 6.54 Å². The fraction of sp³-hybridized carbons (Fsp3) is 0.941. The molecule has 0 aromatic rings. The molecule has 0 heterocycles. The summed E-state index contributed by atoms with van der Waals surface area (Å²) in [6, 6.07) is 0. The average molecular weight is 281 g/mol. The Bertz CT molecular complexity index is 353. The van der Waals surface area contributed by atoms with Gasteiger partial charge in [0.05, 0.1) is 0 Å². The van der Waals surface area contributed by atoms with Gasteiger partial charge in [-0.2, -0.15) is 0 Å². The second kappa shape index (κ2) is 5.95. The first-order chi connectivity index (χ1) is 9.41. The molecule has 3 nitrogen and oxygen atoms in total. The quantitative estimate of drug-likeness (QED) is 0.728. The summed E-state index contributed by atoms with van der Waals surface area (Å²) in [7, 11) is 0. The standard InChI is InChI=1S/C17H31NO2/c1-5-6-7-8-11-18-15(19)20-14-12-13-9-10-17(14,4)16(13,2)3/h13-14H,5-12H2,1-4H3,(H,18,19)/t13-,14+,17-/m0/s1. The lowest BCUT2D eigenvalue weighted by Crippen LogP contribution is -2.40. The molecule has 3 heteroatoms. The number of amides is 1. The first-order valence-electron chi connectivity index (χ1n) is 8.36. The number of carbonyl (C=O) groups is 1. The first kappa shape index (κ1) is 15.7. The van der Waals surface area contributed by atoms with Crippen molar-refractivity contribution in [3.63, 3.8) is 0 Å². The summed E-state index contributed by atoms with van der Waals surface area (Å²) in [4.78, 5) is 11.9. The van der Waals surface area contributed by atoms with Gasteiger partial charge in [-0.1, -0.05) is 47.0 Å². The van der Waals surface area contributed by atoms with Gasteiger partial charge >= 0.3 is 6.09 Å². The number of ether oxygens (including phenoxy) is 1. The lowest BCUT2D eigenvalue weighted by Gasteiger charge is -2.38. The van der Waals surface area contributed by atoms with Gasteiger partial charge < -0.3 is 10.1 Å². The minimum Gasteiger partial charge on any atom is -0.446 e. The number of rotatable bonds is 6. The molecular formula is C17H31NO2. The molecule has 2 bridgehead atoms. The van der Waals surface area contributed by atoms with E-state index in [1.807, 2.05) is 0 Å². The molecule has 0 aromatic carbocycles. The fourth-order valence-corrected chi connectivity index (χ4v) is 4.22. The van der Waals surface area contributed by atoms with Crippen LogP contribution in [0.25, 0.3) is 0 Å². The minimum absolute atomic E-state index is 0.104. The molecule has 20 heavy (non-hydrogen) atoms. The van der Waals surface area contributed by atoms with Crippen molar-refractivity contribution in [3.8, 4) is 0 Å². The summed E-state index contributed by atoms with van der Waals surface area (Å²) >= 11 is 0. The van der Waals surface area contributed by atoms with Crippen LogP contribution in [0.2, 0.25) is 0 Å². The van der Waals surface area contributed by atoms with Gasteiger partial charge in [0.15, 0.2) is 0 Å². The van der Waals surface area contributed by atoms with Crippen molar-refractivity contribution in [1.29, 1.82) is 0 Å². The van der Waals surface area contributed by atoms with Crippen molar-refractivity contribution in [3.05, 3.63) is 0 Å². The second-order valence-corrected chi connectivity index (χ2v) is 7.49. The Kier molecular flexibility index (Phi) is 4.66. The molecule has 0 aliphatic heterocycles. The van der Waals surface area contributed by atoms with Gasteiger partial charge in [0.2, 0.25) is 0 Å². The number of fused-ring (bicyclic) bond motifs is 2. The zero-order valence-electron chi connectivity index (χ0n) is 13.6. The van der Waals surface area contributed by atoms with E-state index in [1.165, 1.54) is 32.1 Å². The maximum absolute atomic E-state index is 11.9. The highest BCUT2D eigenvalue weighted by molar-refractivity contribution is 5.67. The Balaban J connectivity index is 1.76. The highest BCUT2D eigenvalue weighted by atomic mass is 16.6. The third-order valence-electron chi connectivity index (χ3n) is 6.26. The van der Waals surface area contributed by atoms with Gasteiger partial charge in [0, 0.05) is 12.0 Å². The number of unbranched alkanes of at least 4 members (excludes halogenated alkanes) is 3. The highest BCUT2D eigenvalue weighted by Crippen LogP contribution is 2.66. The summed E-state index contributed by atoms with van der Waals surface area (Å²) in [5, 5.41) is 2.91. The van der Waals surface area contributed by atoms with Crippen LogP contribution < -0.4 is 5.32 Å². The summed E-state index contributed by atoms with van der Waals surface area (Å²) in [5.41, 5.74) is 0.469. The van der Waals surface area contributed by atoms with Crippen LogP contribution in [0.4, 0.5) is 4.79 Å². The molecule has 0 saturated heterocycles. The van der Waals surface area contributed by atoms with Gasteiger partial charge in [-0.3, -0.25) is 0 Å². The molecule has 2 aliphatic carbocycles. The molecule has 0 aromatic heterocycles. The predicted octanol–water partition coefficient (Wildman–Crippen LogP) is 4.51. The molecule has 2 aliphatic rings. The van der Waals surface area contributed by atoms with Crippen LogP contribution in [0.1, 0.15) is 72.6 Å². The van der Waals surface area contributed by atoms with Gasteiger partial charge in [0.25, 0.3) is 0 Å². The van der Waals surface area contributed by atoms with Crippen LogP contribution in [-0.4, -0.2) is 18.7 Å². The number of nitrogens with one attached hydrogen (secondary N) is 1. The van der Waals surface area contributed by atoms with E-state index in [-0.39, 0.29) is 17.6 Å². The maximum Gasteiger partial charge on any atom is 0.407 e. The third-order valence-corrected chi connectivity index (χ3v) is 6.26. The van der Waals surface area contributed by atoms with Crippen LogP contribution in [0, 0.1) is 16.7 Å². The van der Waals surface area contributed by atoms with Crippen LogP contribution in [-0.2, 0) is 4.74 Å². The molecule has 2 rings (SSSR count). The Hall–Kier alpha value is -0.730. The Morgan fingerprint density at radius 1 is 1.25 bits per heavy atom. The van der Waals surface area contributed by atoms with E-state index in [0.29, 0.717) is 5.41 Å². The van der Waals surface area contributed by atoms with E-state index >= 15 is 0 Å². The summed E-state index contributed by atoms with van der Waals surface area (Å²) in [5.74, 6) is 0.717.